The van der Waals surface area contributed by atoms with Crippen LogP contribution in [-0.4, -0.2) is 73.9 Å². The van der Waals surface area contributed by atoms with E-state index < -0.39 is 18.1 Å². The highest BCUT2D eigenvalue weighted by atomic mass is 35.5. The lowest BCUT2D eigenvalue weighted by molar-refractivity contribution is 0.0158. The molecule has 1 unspecified atom stereocenters. The molecule has 186 valence electrons. The van der Waals surface area contributed by atoms with Gasteiger partial charge in [-0.15, -0.1) is 0 Å². The Labute approximate surface area is 206 Å². The predicted molar refractivity (Wildman–Crippen MR) is 125 cm³/mol. The van der Waals surface area contributed by atoms with Crippen molar-refractivity contribution in [3.05, 3.63) is 57.2 Å². The first-order valence-electron chi connectivity index (χ1n) is 11.5. The molecule has 5 rings (SSSR count). The molecule has 2 aromatic heterocycles. The van der Waals surface area contributed by atoms with Gasteiger partial charge in [-0.2, -0.15) is 5.10 Å². The number of fused-ring (bicyclic) bond motifs is 3. The first-order chi connectivity index (χ1) is 16.8. The number of piperidine rings is 1. The van der Waals surface area contributed by atoms with Crippen LogP contribution in [0.25, 0.3) is 5.65 Å². The van der Waals surface area contributed by atoms with Gasteiger partial charge < -0.3 is 14.7 Å². The van der Waals surface area contributed by atoms with Crippen molar-refractivity contribution in [2.75, 3.05) is 26.2 Å². The number of amides is 1. The monoisotopic (exact) mass is 505 g/mol. The minimum absolute atomic E-state index is 0.0219. The number of rotatable bonds is 5. The van der Waals surface area contributed by atoms with E-state index in [1.807, 2.05) is 18.7 Å². The van der Waals surface area contributed by atoms with Crippen LogP contribution in [0.1, 0.15) is 39.4 Å². The number of β-amino-alcohol motifs (C(OH)–C–C–N with tert-alkyl or cyclic N) is 1. The number of hydrogen-bond acceptors (Lipinski definition) is 6. The molecule has 3 aromatic rings. The largest absolute Gasteiger partial charge is 0.486 e. The van der Waals surface area contributed by atoms with Crippen LogP contribution in [0.5, 0.6) is 5.75 Å². The van der Waals surface area contributed by atoms with E-state index in [0.29, 0.717) is 35.9 Å². The van der Waals surface area contributed by atoms with E-state index in [-0.39, 0.29) is 43.5 Å². The fraction of sp³-hybridized carbons (Fsp3) is 0.458. The summed E-state index contributed by atoms with van der Waals surface area (Å²) in [6.45, 7) is 5.22. The maximum Gasteiger partial charge on any atom is 0.258 e. The first-order valence-corrected chi connectivity index (χ1v) is 11.9. The van der Waals surface area contributed by atoms with E-state index in [2.05, 4.69) is 10.1 Å². The third-order valence-corrected chi connectivity index (χ3v) is 7.22. The highest BCUT2D eigenvalue weighted by Crippen LogP contribution is 2.32. The summed E-state index contributed by atoms with van der Waals surface area (Å²) >= 11 is 6.31. The number of ether oxygens (including phenoxy) is 1. The molecule has 8 nitrogen and oxygen atoms in total. The molecule has 2 aliphatic rings. The SMILES string of the molecule is Cc1nc2c3c(nn2c(C)c1Cl)CN(C(=O)c1ccc(F)cc1O[C@H]1CCN(CCO)CC1F)C3. The van der Waals surface area contributed by atoms with Gasteiger partial charge in [-0.3, -0.25) is 9.69 Å². The lowest BCUT2D eigenvalue weighted by atomic mass is 10.1. The quantitative estimate of drug-likeness (QED) is 0.574. The van der Waals surface area contributed by atoms with Crippen LogP contribution in [0.3, 0.4) is 0 Å². The number of carbonyl (C=O) groups is 1. The topological polar surface area (TPSA) is 83.2 Å². The Balaban J connectivity index is 1.37. The maximum atomic E-state index is 14.8. The molecule has 1 aromatic carbocycles. The van der Waals surface area contributed by atoms with Gasteiger partial charge in [0.1, 0.15) is 23.8 Å². The number of carbonyl (C=O) groups excluding carboxylic acids is 1. The molecule has 2 aliphatic heterocycles. The number of hydrogen-bond donors (Lipinski definition) is 1. The molecule has 11 heteroatoms. The summed E-state index contributed by atoms with van der Waals surface area (Å²) in [5, 5.41) is 14.2. The van der Waals surface area contributed by atoms with Crippen LogP contribution >= 0.6 is 11.6 Å². The molecule has 0 radical (unpaired) electrons. The molecule has 2 atom stereocenters. The number of aliphatic hydroxyl groups is 1. The number of aromatic nitrogens is 3. The average Bonchev–Trinajstić information content (AvgIpc) is 3.38. The number of alkyl halides is 1. The Bertz CT molecular complexity index is 1300. The molecule has 4 heterocycles. The van der Waals surface area contributed by atoms with E-state index in [1.165, 1.54) is 12.1 Å². The van der Waals surface area contributed by atoms with Crippen molar-refractivity contribution in [2.24, 2.45) is 0 Å². The van der Waals surface area contributed by atoms with Crippen molar-refractivity contribution in [2.45, 2.75) is 45.6 Å². The van der Waals surface area contributed by atoms with Crippen LogP contribution in [0, 0.1) is 19.7 Å². The Morgan fingerprint density at radius 2 is 2.11 bits per heavy atom. The second kappa shape index (κ2) is 9.33. The fourth-order valence-electron chi connectivity index (χ4n) is 4.78. The standard InChI is InChI=1S/C24H26ClF2N5O3/c1-13-22(25)14(2)32-23(28-13)17-10-31(12-19(17)29-32)24(34)16-4-3-15(26)9-21(16)35-20-5-6-30(7-8-33)11-18(20)27/h3-4,9,18,20,33H,5-8,10-12H2,1-2H3/t18?,20-/m0/s1. The molecule has 1 N–H and O–H groups in total. The molecule has 35 heavy (non-hydrogen) atoms. The van der Waals surface area contributed by atoms with Crippen LogP contribution in [0.4, 0.5) is 8.78 Å². The van der Waals surface area contributed by atoms with Gasteiger partial charge in [0.05, 0.1) is 47.4 Å². The van der Waals surface area contributed by atoms with Gasteiger partial charge in [-0.25, -0.2) is 18.3 Å². The molecule has 1 fully saturated rings. The number of likely N-dealkylation sites (tertiary alicyclic amines) is 1. The third-order valence-electron chi connectivity index (χ3n) is 6.68. The van der Waals surface area contributed by atoms with Crippen LogP contribution in [0.2, 0.25) is 5.02 Å². The fourth-order valence-corrected chi connectivity index (χ4v) is 4.91. The summed E-state index contributed by atoms with van der Waals surface area (Å²) in [5.41, 5.74) is 3.85. The summed E-state index contributed by atoms with van der Waals surface area (Å²) < 4.78 is 36.4. The smallest absolute Gasteiger partial charge is 0.258 e. The van der Waals surface area contributed by atoms with Gasteiger partial charge in [0.15, 0.2) is 5.65 Å². The van der Waals surface area contributed by atoms with E-state index in [9.17, 15) is 13.6 Å². The summed E-state index contributed by atoms with van der Waals surface area (Å²) in [4.78, 5) is 21.4. The Morgan fingerprint density at radius 1 is 1.31 bits per heavy atom. The highest BCUT2D eigenvalue weighted by Gasteiger charge is 2.34. The molecule has 1 amide bonds. The molecular formula is C24H26ClF2N5O3. The van der Waals surface area contributed by atoms with E-state index in [1.54, 1.807) is 9.42 Å². The summed E-state index contributed by atoms with van der Waals surface area (Å²) in [6, 6.07) is 3.69. The highest BCUT2D eigenvalue weighted by molar-refractivity contribution is 6.31. The number of halogens is 3. The minimum Gasteiger partial charge on any atom is -0.486 e. The van der Waals surface area contributed by atoms with Crippen molar-refractivity contribution >= 4 is 23.2 Å². The first kappa shape index (κ1) is 23.9. The van der Waals surface area contributed by atoms with Crippen molar-refractivity contribution in [3.8, 4) is 5.75 Å². The van der Waals surface area contributed by atoms with Gasteiger partial charge in [0.25, 0.3) is 5.91 Å². The molecule has 0 spiro atoms. The average molecular weight is 506 g/mol. The zero-order valence-corrected chi connectivity index (χ0v) is 20.2. The summed E-state index contributed by atoms with van der Waals surface area (Å²) in [6.07, 6.45) is -1.77. The Kier molecular flexibility index (Phi) is 6.37. The van der Waals surface area contributed by atoms with Crippen LogP contribution in [-0.2, 0) is 13.1 Å². The van der Waals surface area contributed by atoms with Gasteiger partial charge >= 0.3 is 0 Å². The van der Waals surface area contributed by atoms with Gasteiger partial charge in [0, 0.05) is 31.3 Å². The zero-order chi connectivity index (χ0) is 24.9. The van der Waals surface area contributed by atoms with E-state index in [0.717, 1.165) is 23.0 Å². The summed E-state index contributed by atoms with van der Waals surface area (Å²) in [5.74, 6) is -0.903. The van der Waals surface area contributed by atoms with Crippen molar-refractivity contribution in [1.82, 2.24) is 24.4 Å². The number of aliphatic hydroxyl groups excluding tert-OH is 1. The minimum atomic E-state index is -1.32. The number of nitrogens with zero attached hydrogens (tertiary/aromatic N) is 5. The van der Waals surface area contributed by atoms with Gasteiger partial charge in [-0.05, 0) is 32.4 Å². The maximum absolute atomic E-state index is 14.8. The lowest BCUT2D eigenvalue weighted by Crippen LogP contribution is -2.47. The van der Waals surface area contributed by atoms with Gasteiger partial charge in [0.2, 0.25) is 0 Å². The normalized spacial score (nSPS) is 20.5. The number of aryl methyl sites for hydroxylation is 2. The van der Waals surface area contributed by atoms with Crippen LogP contribution in [0.15, 0.2) is 18.2 Å². The second-order valence-corrected chi connectivity index (χ2v) is 9.42. The van der Waals surface area contributed by atoms with E-state index in [4.69, 9.17) is 21.4 Å². The van der Waals surface area contributed by atoms with E-state index >= 15 is 0 Å². The molecule has 0 saturated carbocycles. The molecule has 1 saturated heterocycles. The van der Waals surface area contributed by atoms with Crippen molar-refractivity contribution in [3.63, 3.8) is 0 Å². The second-order valence-electron chi connectivity index (χ2n) is 9.04. The molecular weight excluding hydrogens is 480 g/mol. The van der Waals surface area contributed by atoms with Crippen molar-refractivity contribution in [1.29, 1.82) is 0 Å². The zero-order valence-electron chi connectivity index (χ0n) is 19.5. The van der Waals surface area contributed by atoms with Crippen molar-refractivity contribution < 1.29 is 23.4 Å². The Morgan fingerprint density at radius 3 is 2.86 bits per heavy atom. The van der Waals surface area contributed by atoms with Crippen LogP contribution < -0.4 is 4.74 Å². The van der Waals surface area contributed by atoms with Gasteiger partial charge in [-0.1, -0.05) is 11.6 Å². The third kappa shape index (κ3) is 4.34. The molecule has 0 aliphatic carbocycles. The Hall–Kier alpha value is -2.82. The predicted octanol–water partition coefficient (Wildman–Crippen LogP) is 3.08. The number of benzene rings is 1. The summed E-state index contributed by atoms with van der Waals surface area (Å²) in [7, 11) is 0. The molecule has 0 bridgehead atoms. The lowest BCUT2D eigenvalue weighted by Gasteiger charge is -2.34.